The van der Waals surface area contributed by atoms with Gasteiger partial charge in [0.05, 0.1) is 5.56 Å². The number of nitrogens with two attached hydrogens (primary N) is 1. The van der Waals surface area contributed by atoms with Crippen LogP contribution in [0.4, 0.5) is 5.00 Å². The fourth-order valence-electron chi connectivity index (χ4n) is 2.26. The molecule has 0 radical (unpaired) electrons. The number of rotatable bonds is 3. The Bertz CT molecular complexity index is 499. The van der Waals surface area contributed by atoms with E-state index in [1.807, 2.05) is 0 Å². The lowest BCUT2D eigenvalue weighted by Gasteiger charge is -2.18. The average Bonchev–Trinajstić information content (AvgIpc) is 2.65. The second-order valence-corrected chi connectivity index (χ2v) is 5.97. The summed E-state index contributed by atoms with van der Waals surface area (Å²) in [5.74, 6) is -0.317. The van der Waals surface area contributed by atoms with Crippen molar-refractivity contribution in [3.05, 3.63) is 16.0 Å². The van der Waals surface area contributed by atoms with Gasteiger partial charge in [-0.1, -0.05) is 6.92 Å². The van der Waals surface area contributed by atoms with E-state index in [0.717, 1.165) is 29.7 Å². The Morgan fingerprint density at radius 2 is 2.28 bits per heavy atom. The highest BCUT2D eigenvalue weighted by Crippen LogP contribution is 2.39. The fraction of sp³-hybridized carbons (Fsp3) is 0.500. The highest BCUT2D eigenvalue weighted by atomic mass is 35.5. The molecule has 2 rings (SSSR count). The van der Waals surface area contributed by atoms with Crippen LogP contribution in [0, 0.1) is 5.92 Å². The van der Waals surface area contributed by atoms with Gasteiger partial charge >= 0.3 is 0 Å². The highest BCUT2D eigenvalue weighted by Gasteiger charge is 2.26. The number of carbonyl (C=O) groups is 2. The van der Waals surface area contributed by atoms with Crippen LogP contribution in [-0.4, -0.2) is 17.7 Å². The van der Waals surface area contributed by atoms with Gasteiger partial charge in [0.1, 0.15) is 10.9 Å². The molecule has 1 aliphatic rings. The number of amides is 2. The first kappa shape index (κ1) is 13.4. The molecule has 1 atom stereocenters. The normalized spacial score (nSPS) is 18.2. The molecule has 0 aliphatic heterocycles. The first-order chi connectivity index (χ1) is 8.52. The van der Waals surface area contributed by atoms with E-state index in [1.165, 1.54) is 11.3 Å². The summed E-state index contributed by atoms with van der Waals surface area (Å²) < 4.78 is 0. The summed E-state index contributed by atoms with van der Waals surface area (Å²) >= 11 is 6.91. The summed E-state index contributed by atoms with van der Waals surface area (Å²) in [5.41, 5.74) is 6.90. The minimum Gasteiger partial charge on any atom is -0.365 e. The quantitative estimate of drug-likeness (QED) is 0.836. The summed E-state index contributed by atoms with van der Waals surface area (Å²) in [7, 11) is 0. The molecule has 2 amide bonds. The molecule has 98 valence electrons. The van der Waals surface area contributed by atoms with Crippen molar-refractivity contribution in [2.45, 2.75) is 26.2 Å². The third-order valence-electron chi connectivity index (χ3n) is 3.13. The third-order valence-corrected chi connectivity index (χ3v) is 4.54. The SMILES string of the molecule is C[C@H]1CCc2c(sc(NC(=O)CCl)c2C(N)=O)C1. The minimum absolute atomic E-state index is 0.128. The van der Waals surface area contributed by atoms with Gasteiger partial charge < -0.3 is 11.1 Å². The first-order valence-electron chi connectivity index (χ1n) is 5.83. The fourth-order valence-corrected chi connectivity index (χ4v) is 3.76. The largest absolute Gasteiger partial charge is 0.365 e. The minimum atomic E-state index is -0.480. The molecule has 0 spiro atoms. The smallest absolute Gasteiger partial charge is 0.251 e. The van der Waals surface area contributed by atoms with Crippen LogP contribution < -0.4 is 11.1 Å². The van der Waals surface area contributed by atoms with Crippen LogP contribution in [0.15, 0.2) is 0 Å². The summed E-state index contributed by atoms with van der Waals surface area (Å²) in [6, 6.07) is 0. The van der Waals surface area contributed by atoms with Gasteiger partial charge in [0.15, 0.2) is 0 Å². The Kier molecular flexibility index (Phi) is 3.92. The summed E-state index contributed by atoms with van der Waals surface area (Å²) in [4.78, 5) is 24.1. The predicted octanol–water partition coefficient (Wildman–Crippen LogP) is 2.15. The van der Waals surface area contributed by atoms with Crippen molar-refractivity contribution in [3.63, 3.8) is 0 Å². The lowest BCUT2D eigenvalue weighted by molar-refractivity contribution is -0.113. The number of halogens is 1. The molecule has 1 aliphatic carbocycles. The van der Waals surface area contributed by atoms with Gasteiger partial charge in [0, 0.05) is 4.88 Å². The molecule has 0 unspecified atom stereocenters. The van der Waals surface area contributed by atoms with Gasteiger partial charge in [-0.05, 0) is 30.7 Å². The van der Waals surface area contributed by atoms with Crippen LogP contribution in [0.25, 0.3) is 0 Å². The van der Waals surface area contributed by atoms with Crippen LogP contribution in [0.2, 0.25) is 0 Å². The van der Waals surface area contributed by atoms with E-state index in [4.69, 9.17) is 17.3 Å². The number of primary amides is 1. The van der Waals surface area contributed by atoms with Crippen molar-refractivity contribution in [2.24, 2.45) is 11.7 Å². The molecular weight excluding hydrogens is 272 g/mol. The third kappa shape index (κ3) is 2.52. The lowest BCUT2D eigenvalue weighted by atomic mass is 9.88. The molecule has 0 aromatic carbocycles. The van der Waals surface area contributed by atoms with E-state index in [0.29, 0.717) is 16.5 Å². The number of alkyl halides is 1. The monoisotopic (exact) mass is 286 g/mol. The van der Waals surface area contributed by atoms with E-state index >= 15 is 0 Å². The first-order valence-corrected chi connectivity index (χ1v) is 7.18. The van der Waals surface area contributed by atoms with E-state index in [9.17, 15) is 9.59 Å². The average molecular weight is 287 g/mol. The second-order valence-electron chi connectivity index (χ2n) is 4.60. The Balaban J connectivity index is 2.40. The molecule has 18 heavy (non-hydrogen) atoms. The summed E-state index contributed by atoms with van der Waals surface area (Å²) in [5, 5.41) is 3.21. The molecule has 1 aromatic heterocycles. The Morgan fingerprint density at radius 3 is 2.89 bits per heavy atom. The van der Waals surface area contributed by atoms with Crippen LogP contribution in [0.5, 0.6) is 0 Å². The predicted molar refractivity (Wildman–Crippen MR) is 73.4 cm³/mol. The van der Waals surface area contributed by atoms with Crippen molar-refractivity contribution >= 4 is 39.8 Å². The van der Waals surface area contributed by atoms with E-state index in [1.54, 1.807) is 0 Å². The zero-order chi connectivity index (χ0) is 13.3. The molecule has 0 saturated heterocycles. The van der Waals surface area contributed by atoms with Gasteiger partial charge in [-0.3, -0.25) is 9.59 Å². The van der Waals surface area contributed by atoms with Crippen molar-refractivity contribution in [1.29, 1.82) is 0 Å². The van der Waals surface area contributed by atoms with Crippen molar-refractivity contribution in [2.75, 3.05) is 11.2 Å². The van der Waals surface area contributed by atoms with Crippen molar-refractivity contribution < 1.29 is 9.59 Å². The lowest BCUT2D eigenvalue weighted by Crippen LogP contribution is -2.19. The number of hydrogen-bond donors (Lipinski definition) is 2. The van der Waals surface area contributed by atoms with Gasteiger partial charge in [0.2, 0.25) is 5.91 Å². The highest BCUT2D eigenvalue weighted by molar-refractivity contribution is 7.17. The maximum atomic E-state index is 11.6. The molecule has 0 bridgehead atoms. The van der Waals surface area contributed by atoms with E-state index in [2.05, 4.69) is 12.2 Å². The zero-order valence-corrected chi connectivity index (χ0v) is 11.7. The maximum Gasteiger partial charge on any atom is 0.251 e. The number of carbonyl (C=O) groups excluding carboxylic acids is 2. The summed E-state index contributed by atoms with van der Waals surface area (Å²) in [6.45, 7) is 2.18. The number of nitrogens with one attached hydrogen (secondary N) is 1. The number of thiophene rings is 1. The Morgan fingerprint density at radius 1 is 1.56 bits per heavy atom. The molecule has 6 heteroatoms. The second kappa shape index (κ2) is 5.28. The van der Waals surface area contributed by atoms with Gasteiger partial charge in [-0.2, -0.15) is 0 Å². The molecule has 3 N–H and O–H groups in total. The zero-order valence-electron chi connectivity index (χ0n) is 10.1. The Labute approximate surface area is 115 Å². The van der Waals surface area contributed by atoms with E-state index in [-0.39, 0.29) is 11.8 Å². The summed E-state index contributed by atoms with van der Waals surface area (Å²) in [6.07, 6.45) is 2.84. The van der Waals surface area contributed by atoms with Crippen LogP contribution in [-0.2, 0) is 17.6 Å². The maximum absolute atomic E-state index is 11.6. The molecule has 1 heterocycles. The molecule has 1 aromatic rings. The van der Waals surface area contributed by atoms with Gasteiger partial charge in [-0.15, -0.1) is 22.9 Å². The van der Waals surface area contributed by atoms with Gasteiger partial charge in [0.25, 0.3) is 5.91 Å². The molecular formula is C12H15ClN2O2S. The number of hydrogen-bond acceptors (Lipinski definition) is 3. The Hall–Kier alpha value is -1.07. The van der Waals surface area contributed by atoms with Gasteiger partial charge in [-0.25, -0.2) is 0 Å². The molecule has 4 nitrogen and oxygen atoms in total. The molecule has 0 fully saturated rings. The van der Waals surface area contributed by atoms with Crippen LogP contribution in [0.1, 0.15) is 34.1 Å². The van der Waals surface area contributed by atoms with E-state index < -0.39 is 5.91 Å². The van der Waals surface area contributed by atoms with Crippen LogP contribution in [0.3, 0.4) is 0 Å². The number of anilines is 1. The standard InChI is InChI=1S/C12H15ClN2O2S/c1-6-2-3-7-8(4-6)18-12(10(7)11(14)17)15-9(16)5-13/h6H,2-5H2,1H3,(H2,14,17)(H,15,16)/t6-/m0/s1. The molecule has 0 saturated carbocycles. The van der Waals surface area contributed by atoms with Crippen LogP contribution >= 0.6 is 22.9 Å². The van der Waals surface area contributed by atoms with Crippen molar-refractivity contribution in [1.82, 2.24) is 0 Å². The van der Waals surface area contributed by atoms with Crippen molar-refractivity contribution in [3.8, 4) is 0 Å². The topological polar surface area (TPSA) is 72.2 Å². The number of fused-ring (bicyclic) bond motifs is 1.